The summed E-state index contributed by atoms with van der Waals surface area (Å²) in [5.74, 6) is 0.857. The van der Waals surface area contributed by atoms with Gasteiger partial charge >= 0.3 is 0 Å². The SMILES string of the molecule is Cc1nc(Cc2nc(=S)c(Br)c(C)[nH]2)cs1. The van der Waals surface area contributed by atoms with E-state index in [0.29, 0.717) is 11.1 Å². The lowest BCUT2D eigenvalue weighted by Gasteiger charge is -2.03. The fourth-order valence-corrected chi connectivity index (χ4v) is 2.44. The first-order chi connectivity index (χ1) is 7.56. The predicted octanol–water partition coefficient (Wildman–Crippen LogP) is 3.57. The van der Waals surface area contributed by atoms with Crippen molar-refractivity contribution in [3.8, 4) is 0 Å². The van der Waals surface area contributed by atoms with Crippen molar-refractivity contribution in [3.63, 3.8) is 0 Å². The van der Waals surface area contributed by atoms with Crippen molar-refractivity contribution in [2.75, 3.05) is 0 Å². The van der Waals surface area contributed by atoms with Gasteiger partial charge in [-0.1, -0.05) is 12.2 Å². The Kier molecular flexibility index (Phi) is 3.51. The Hall–Kier alpha value is -0.590. The molecule has 1 N–H and O–H groups in total. The van der Waals surface area contributed by atoms with E-state index in [1.54, 1.807) is 11.3 Å². The Labute approximate surface area is 111 Å². The highest BCUT2D eigenvalue weighted by atomic mass is 79.9. The van der Waals surface area contributed by atoms with Crippen LogP contribution in [0.2, 0.25) is 0 Å². The second kappa shape index (κ2) is 4.73. The van der Waals surface area contributed by atoms with Crippen LogP contribution in [0.1, 0.15) is 22.2 Å². The molecule has 0 amide bonds. The van der Waals surface area contributed by atoms with Gasteiger partial charge in [0.05, 0.1) is 15.2 Å². The second-order valence-corrected chi connectivity index (χ2v) is 5.70. The topological polar surface area (TPSA) is 41.6 Å². The first-order valence-electron chi connectivity index (χ1n) is 4.72. The van der Waals surface area contributed by atoms with Gasteiger partial charge in [0.2, 0.25) is 0 Å². The van der Waals surface area contributed by atoms with Crippen LogP contribution >= 0.6 is 39.5 Å². The third-order valence-electron chi connectivity index (χ3n) is 2.10. The summed E-state index contributed by atoms with van der Waals surface area (Å²) in [5.41, 5.74) is 2.03. The molecule has 0 spiro atoms. The van der Waals surface area contributed by atoms with Gasteiger partial charge in [-0.25, -0.2) is 9.97 Å². The molecule has 16 heavy (non-hydrogen) atoms. The number of aryl methyl sites for hydroxylation is 2. The molecule has 0 bridgehead atoms. The summed E-state index contributed by atoms with van der Waals surface area (Å²) in [5, 5.41) is 3.12. The number of H-pyrrole nitrogens is 1. The van der Waals surface area contributed by atoms with Gasteiger partial charge in [-0.05, 0) is 29.8 Å². The van der Waals surface area contributed by atoms with E-state index in [0.717, 1.165) is 26.7 Å². The van der Waals surface area contributed by atoms with Crippen LogP contribution < -0.4 is 0 Å². The highest BCUT2D eigenvalue weighted by molar-refractivity contribution is 9.10. The maximum atomic E-state index is 5.15. The fourth-order valence-electron chi connectivity index (χ4n) is 1.38. The second-order valence-electron chi connectivity index (χ2n) is 3.46. The third-order valence-corrected chi connectivity index (χ3v) is 4.45. The number of nitrogens with one attached hydrogen (secondary N) is 1. The smallest absolute Gasteiger partial charge is 0.144 e. The van der Waals surface area contributed by atoms with E-state index in [1.807, 2.05) is 19.2 Å². The lowest BCUT2D eigenvalue weighted by atomic mass is 10.3. The van der Waals surface area contributed by atoms with Crippen LogP contribution in [-0.4, -0.2) is 15.0 Å². The van der Waals surface area contributed by atoms with Gasteiger partial charge in [-0.3, -0.25) is 0 Å². The molecule has 0 atom stereocenters. The Bertz CT molecular complexity index is 574. The molecule has 6 heteroatoms. The molecule has 0 saturated carbocycles. The summed E-state index contributed by atoms with van der Waals surface area (Å²) in [6, 6.07) is 0. The van der Waals surface area contributed by atoms with Gasteiger partial charge in [0.15, 0.2) is 0 Å². The van der Waals surface area contributed by atoms with E-state index in [4.69, 9.17) is 12.2 Å². The van der Waals surface area contributed by atoms with Crippen molar-refractivity contribution >= 4 is 39.5 Å². The van der Waals surface area contributed by atoms with E-state index in [1.165, 1.54) is 0 Å². The predicted molar refractivity (Wildman–Crippen MR) is 71.5 cm³/mol. The number of thiazole rings is 1. The van der Waals surface area contributed by atoms with Crippen LogP contribution in [0, 0.1) is 18.5 Å². The molecule has 0 aliphatic rings. The monoisotopic (exact) mass is 315 g/mol. The van der Waals surface area contributed by atoms with Gasteiger partial charge in [0, 0.05) is 17.5 Å². The Morgan fingerprint density at radius 1 is 1.44 bits per heavy atom. The molecular formula is C10H10BrN3S2. The average molecular weight is 316 g/mol. The number of halogens is 1. The van der Waals surface area contributed by atoms with Crippen molar-refractivity contribution in [2.45, 2.75) is 20.3 Å². The molecule has 0 aliphatic heterocycles. The number of hydrogen-bond acceptors (Lipinski definition) is 4. The molecule has 3 nitrogen and oxygen atoms in total. The van der Waals surface area contributed by atoms with Crippen LogP contribution in [0.25, 0.3) is 0 Å². The van der Waals surface area contributed by atoms with Gasteiger partial charge in [-0.2, -0.15) is 0 Å². The largest absolute Gasteiger partial charge is 0.346 e. The molecule has 0 radical (unpaired) electrons. The molecule has 2 rings (SSSR count). The molecular weight excluding hydrogens is 306 g/mol. The van der Waals surface area contributed by atoms with E-state index >= 15 is 0 Å². The van der Waals surface area contributed by atoms with Crippen LogP contribution in [0.5, 0.6) is 0 Å². The summed E-state index contributed by atoms with van der Waals surface area (Å²) >= 11 is 10.2. The molecule has 84 valence electrons. The zero-order valence-corrected chi connectivity index (χ0v) is 12.1. The first kappa shape index (κ1) is 11.9. The van der Waals surface area contributed by atoms with Crippen molar-refractivity contribution in [3.05, 3.63) is 36.7 Å². The minimum absolute atomic E-state index is 0.596. The third kappa shape index (κ3) is 2.56. The summed E-state index contributed by atoms with van der Waals surface area (Å²) in [6.07, 6.45) is 0.697. The number of hydrogen-bond donors (Lipinski definition) is 1. The summed E-state index contributed by atoms with van der Waals surface area (Å²) in [6.45, 7) is 3.97. The maximum Gasteiger partial charge on any atom is 0.144 e. The standard InChI is InChI=1S/C10H10BrN3S2/c1-5-9(11)10(15)14-8(12-5)3-7-4-16-6(2)13-7/h4H,3H2,1-2H3,(H,12,14,15). The molecule has 0 unspecified atom stereocenters. The first-order valence-corrected chi connectivity index (χ1v) is 6.80. The number of nitrogens with zero attached hydrogens (tertiary/aromatic N) is 2. The highest BCUT2D eigenvalue weighted by Crippen LogP contribution is 2.16. The van der Waals surface area contributed by atoms with Gasteiger partial charge in [0.25, 0.3) is 0 Å². The minimum atomic E-state index is 0.596. The van der Waals surface area contributed by atoms with Crippen molar-refractivity contribution < 1.29 is 0 Å². The lowest BCUT2D eigenvalue weighted by molar-refractivity contribution is 0.906. The summed E-state index contributed by atoms with van der Waals surface area (Å²) in [4.78, 5) is 11.9. The minimum Gasteiger partial charge on any atom is -0.346 e. The highest BCUT2D eigenvalue weighted by Gasteiger charge is 2.05. The average Bonchev–Trinajstić information content (AvgIpc) is 2.60. The Balaban J connectivity index is 2.32. The van der Waals surface area contributed by atoms with E-state index < -0.39 is 0 Å². The molecule has 0 aromatic carbocycles. The summed E-state index contributed by atoms with van der Waals surface area (Å²) in [7, 11) is 0. The van der Waals surface area contributed by atoms with Gasteiger partial charge in [0.1, 0.15) is 10.5 Å². The summed E-state index contributed by atoms with van der Waals surface area (Å²) < 4.78 is 1.46. The van der Waals surface area contributed by atoms with Crippen LogP contribution in [0.4, 0.5) is 0 Å². The molecule has 2 heterocycles. The van der Waals surface area contributed by atoms with Crippen LogP contribution in [0.15, 0.2) is 9.85 Å². The zero-order valence-electron chi connectivity index (χ0n) is 8.87. The quantitative estimate of drug-likeness (QED) is 0.861. The molecule has 0 saturated heterocycles. The fraction of sp³-hybridized carbons (Fsp3) is 0.300. The number of aromatic nitrogens is 3. The molecule has 0 aliphatic carbocycles. The van der Waals surface area contributed by atoms with E-state index in [-0.39, 0.29) is 0 Å². The maximum absolute atomic E-state index is 5.15. The Morgan fingerprint density at radius 2 is 2.19 bits per heavy atom. The lowest BCUT2D eigenvalue weighted by Crippen LogP contribution is -2.00. The van der Waals surface area contributed by atoms with E-state index in [2.05, 4.69) is 30.9 Å². The molecule has 0 fully saturated rings. The van der Waals surface area contributed by atoms with Gasteiger partial charge < -0.3 is 4.98 Å². The van der Waals surface area contributed by atoms with Crippen molar-refractivity contribution in [1.82, 2.24) is 15.0 Å². The van der Waals surface area contributed by atoms with Crippen molar-refractivity contribution in [1.29, 1.82) is 0 Å². The number of rotatable bonds is 2. The van der Waals surface area contributed by atoms with Crippen LogP contribution in [0.3, 0.4) is 0 Å². The molecule has 2 aromatic rings. The Morgan fingerprint density at radius 3 is 2.75 bits per heavy atom. The van der Waals surface area contributed by atoms with Crippen LogP contribution in [-0.2, 0) is 6.42 Å². The molecule has 2 aromatic heterocycles. The number of aromatic amines is 1. The van der Waals surface area contributed by atoms with Gasteiger partial charge in [-0.15, -0.1) is 11.3 Å². The zero-order chi connectivity index (χ0) is 11.7. The normalized spacial score (nSPS) is 10.7. The van der Waals surface area contributed by atoms with E-state index in [9.17, 15) is 0 Å². The van der Waals surface area contributed by atoms with Crippen molar-refractivity contribution in [2.24, 2.45) is 0 Å².